The van der Waals surface area contributed by atoms with Crippen molar-refractivity contribution in [2.45, 2.75) is 24.3 Å². The molecule has 140 valence electrons. The van der Waals surface area contributed by atoms with Gasteiger partial charge in [0.05, 0.1) is 7.11 Å². The van der Waals surface area contributed by atoms with E-state index in [1.165, 1.54) is 7.11 Å². The summed E-state index contributed by atoms with van der Waals surface area (Å²) in [5, 5.41) is 3.87. The number of ether oxygens (including phenoxy) is 1. The minimum atomic E-state index is -0.765. The summed E-state index contributed by atoms with van der Waals surface area (Å²) < 4.78 is 4.92. The Balaban J connectivity index is 1.85. The number of amides is 1. The first-order chi connectivity index (χ1) is 13.0. The van der Waals surface area contributed by atoms with Crippen LogP contribution in [-0.4, -0.2) is 36.3 Å². The Hall–Kier alpha value is -2.73. The topological polar surface area (TPSA) is 71.2 Å². The number of rotatable bonds is 6. The molecule has 1 atom stereocenters. The maximum absolute atomic E-state index is 12.8. The molecular formula is C21H22N2O3S. The van der Waals surface area contributed by atoms with Crippen molar-refractivity contribution in [3.05, 3.63) is 65.4 Å². The van der Waals surface area contributed by atoms with Gasteiger partial charge in [0.15, 0.2) is 0 Å². The van der Waals surface area contributed by atoms with E-state index in [0.29, 0.717) is 12.0 Å². The van der Waals surface area contributed by atoms with E-state index >= 15 is 0 Å². The molecule has 0 bridgehead atoms. The van der Waals surface area contributed by atoms with Gasteiger partial charge in [-0.3, -0.25) is 4.79 Å². The lowest BCUT2D eigenvalue weighted by atomic mass is 10.0. The van der Waals surface area contributed by atoms with E-state index in [1.807, 2.05) is 61.8 Å². The Labute approximate surface area is 162 Å². The molecule has 1 aromatic heterocycles. The fourth-order valence-corrected chi connectivity index (χ4v) is 3.50. The number of hydrogen-bond donors (Lipinski definition) is 2. The lowest BCUT2D eigenvalue weighted by molar-refractivity contribution is -0.142. The van der Waals surface area contributed by atoms with Crippen molar-refractivity contribution in [3.8, 4) is 0 Å². The molecule has 0 fully saturated rings. The Bertz CT molecular complexity index is 980. The molecular weight excluding hydrogens is 360 g/mol. The number of carbonyl (C=O) groups is 2. The third-order valence-corrected chi connectivity index (χ3v) is 5.30. The summed E-state index contributed by atoms with van der Waals surface area (Å²) in [6, 6.07) is 12.8. The van der Waals surface area contributed by atoms with E-state index in [1.54, 1.807) is 11.8 Å². The van der Waals surface area contributed by atoms with E-state index < -0.39 is 12.0 Å². The predicted octanol–water partition coefficient (Wildman–Crippen LogP) is 3.71. The van der Waals surface area contributed by atoms with Gasteiger partial charge in [-0.25, -0.2) is 4.79 Å². The SMILES string of the molecule is COC(=O)C(Cc1c[nH]c2ccccc12)NC(=O)c1cc(SC)ccc1C. The first kappa shape index (κ1) is 19.0. The molecule has 5 nitrogen and oxygen atoms in total. The molecule has 6 heteroatoms. The Kier molecular flexibility index (Phi) is 5.86. The van der Waals surface area contributed by atoms with Crippen LogP contribution in [0, 0.1) is 6.92 Å². The molecule has 1 heterocycles. The van der Waals surface area contributed by atoms with Gasteiger partial charge in [-0.05, 0) is 42.5 Å². The number of aromatic nitrogens is 1. The van der Waals surface area contributed by atoms with Crippen molar-refractivity contribution in [2.75, 3.05) is 13.4 Å². The third kappa shape index (κ3) is 4.17. The van der Waals surface area contributed by atoms with Gasteiger partial charge in [-0.15, -0.1) is 11.8 Å². The minimum Gasteiger partial charge on any atom is -0.467 e. The van der Waals surface area contributed by atoms with E-state index in [0.717, 1.165) is 26.9 Å². The standard InChI is InChI=1S/C21H22N2O3S/c1-13-8-9-15(27-3)11-17(13)20(24)23-19(21(25)26-2)10-14-12-22-18-7-5-4-6-16(14)18/h4-9,11-12,19,22H,10H2,1-3H3,(H,23,24). The number of benzene rings is 2. The molecule has 3 aromatic rings. The number of carbonyl (C=O) groups excluding carboxylic acids is 2. The first-order valence-electron chi connectivity index (χ1n) is 8.61. The van der Waals surface area contributed by atoms with Gasteiger partial charge in [0.25, 0.3) is 5.91 Å². The molecule has 0 radical (unpaired) electrons. The van der Waals surface area contributed by atoms with Crippen molar-refractivity contribution in [3.63, 3.8) is 0 Å². The van der Waals surface area contributed by atoms with Crippen molar-refractivity contribution in [1.29, 1.82) is 0 Å². The molecule has 0 saturated carbocycles. The highest BCUT2D eigenvalue weighted by Crippen LogP contribution is 2.21. The lowest BCUT2D eigenvalue weighted by Crippen LogP contribution is -2.43. The van der Waals surface area contributed by atoms with Crippen LogP contribution in [0.5, 0.6) is 0 Å². The number of fused-ring (bicyclic) bond motifs is 1. The van der Waals surface area contributed by atoms with Crippen LogP contribution in [0.2, 0.25) is 0 Å². The fraction of sp³-hybridized carbons (Fsp3) is 0.238. The van der Waals surface area contributed by atoms with Crippen LogP contribution < -0.4 is 5.32 Å². The van der Waals surface area contributed by atoms with Crippen molar-refractivity contribution in [2.24, 2.45) is 0 Å². The zero-order chi connectivity index (χ0) is 19.4. The Morgan fingerprint density at radius 3 is 2.74 bits per heavy atom. The van der Waals surface area contributed by atoms with E-state index in [2.05, 4.69) is 10.3 Å². The quantitative estimate of drug-likeness (QED) is 0.504. The molecule has 0 saturated heterocycles. The van der Waals surface area contributed by atoms with Crippen LogP contribution in [0.4, 0.5) is 0 Å². The predicted molar refractivity (Wildman–Crippen MR) is 108 cm³/mol. The number of para-hydroxylation sites is 1. The van der Waals surface area contributed by atoms with Gasteiger partial charge in [-0.2, -0.15) is 0 Å². The van der Waals surface area contributed by atoms with Gasteiger partial charge in [0.1, 0.15) is 6.04 Å². The number of thioether (sulfide) groups is 1. The fourth-order valence-electron chi connectivity index (χ4n) is 3.06. The van der Waals surface area contributed by atoms with Gasteiger partial charge < -0.3 is 15.0 Å². The molecule has 0 aliphatic heterocycles. The Morgan fingerprint density at radius 2 is 2.00 bits per heavy atom. The van der Waals surface area contributed by atoms with Crippen molar-refractivity contribution < 1.29 is 14.3 Å². The maximum Gasteiger partial charge on any atom is 0.328 e. The molecule has 2 aromatic carbocycles. The summed E-state index contributed by atoms with van der Waals surface area (Å²) in [5.41, 5.74) is 3.37. The summed E-state index contributed by atoms with van der Waals surface area (Å²) in [6.45, 7) is 1.88. The van der Waals surface area contributed by atoms with Crippen molar-refractivity contribution in [1.82, 2.24) is 10.3 Å². The highest BCUT2D eigenvalue weighted by molar-refractivity contribution is 7.98. The molecule has 0 aliphatic rings. The van der Waals surface area contributed by atoms with E-state index in [9.17, 15) is 9.59 Å². The zero-order valence-corrected chi connectivity index (χ0v) is 16.4. The monoisotopic (exact) mass is 382 g/mol. The summed E-state index contributed by atoms with van der Waals surface area (Å²) in [7, 11) is 1.33. The number of methoxy groups -OCH3 is 1. The van der Waals surface area contributed by atoms with E-state index in [-0.39, 0.29) is 5.91 Å². The van der Waals surface area contributed by atoms with Crippen molar-refractivity contribution >= 4 is 34.5 Å². The van der Waals surface area contributed by atoms with Crippen LogP contribution in [-0.2, 0) is 16.0 Å². The van der Waals surface area contributed by atoms with Crippen LogP contribution in [0.15, 0.2) is 53.6 Å². The second kappa shape index (κ2) is 8.31. The van der Waals surface area contributed by atoms with Crippen LogP contribution >= 0.6 is 11.8 Å². The summed E-state index contributed by atoms with van der Waals surface area (Å²) in [5.74, 6) is -0.744. The summed E-state index contributed by atoms with van der Waals surface area (Å²) in [6.07, 6.45) is 4.18. The number of hydrogen-bond acceptors (Lipinski definition) is 4. The largest absolute Gasteiger partial charge is 0.467 e. The highest BCUT2D eigenvalue weighted by atomic mass is 32.2. The smallest absolute Gasteiger partial charge is 0.328 e. The molecule has 2 N–H and O–H groups in total. The number of H-pyrrole nitrogens is 1. The summed E-state index contributed by atoms with van der Waals surface area (Å²) in [4.78, 5) is 29.3. The second-order valence-electron chi connectivity index (χ2n) is 6.29. The van der Waals surface area contributed by atoms with Gasteiger partial charge in [0, 0.05) is 34.0 Å². The Morgan fingerprint density at radius 1 is 1.22 bits per heavy atom. The molecule has 0 aliphatic carbocycles. The lowest BCUT2D eigenvalue weighted by Gasteiger charge is -2.17. The van der Waals surface area contributed by atoms with Gasteiger partial charge in [-0.1, -0.05) is 24.3 Å². The number of nitrogens with one attached hydrogen (secondary N) is 2. The number of esters is 1. The molecule has 1 amide bonds. The second-order valence-corrected chi connectivity index (χ2v) is 7.17. The molecule has 3 rings (SSSR count). The number of aryl methyl sites for hydroxylation is 1. The normalized spacial score (nSPS) is 12.0. The average molecular weight is 382 g/mol. The van der Waals surface area contributed by atoms with Gasteiger partial charge in [0.2, 0.25) is 0 Å². The third-order valence-electron chi connectivity index (χ3n) is 4.58. The number of aromatic amines is 1. The minimum absolute atomic E-state index is 0.279. The van der Waals surface area contributed by atoms with E-state index in [4.69, 9.17) is 4.74 Å². The maximum atomic E-state index is 12.8. The van der Waals surface area contributed by atoms with Gasteiger partial charge >= 0.3 is 5.97 Å². The molecule has 0 spiro atoms. The molecule has 27 heavy (non-hydrogen) atoms. The molecule has 1 unspecified atom stereocenters. The zero-order valence-electron chi connectivity index (χ0n) is 15.5. The van der Waals surface area contributed by atoms with Crippen LogP contribution in [0.3, 0.4) is 0 Å². The van der Waals surface area contributed by atoms with Crippen LogP contribution in [0.25, 0.3) is 10.9 Å². The summed E-state index contributed by atoms with van der Waals surface area (Å²) >= 11 is 1.57. The average Bonchev–Trinajstić information content (AvgIpc) is 3.10. The highest BCUT2D eigenvalue weighted by Gasteiger charge is 2.24. The first-order valence-corrected chi connectivity index (χ1v) is 9.84. The van der Waals surface area contributed by atoms with Crippen LogP contribution in [0.1, 0.15) is 21.5 Å².